The third-order valence-electron chi connectivity index (χ3n) is 2.89. The maximum Gasteiger partial charge on any atom is 0.152 e. The molecule has 3 heteroatoms. The van der Waals surface area contributed by atoms with Crippen LogP contribution in [0, 0.1) is 13.8 Å². The van der Waals surface area contributed by atoms with Crippen molar-refractivity contribution in [1.82, 2.24) is 9.55 Å². The average Bonchev–Trinajstić information content (AvgIpc) is 2.78. The first-order valence-corrected chi connectivity index (χ1v) is 6.18. The van der Waals surface area contributed by atoms with Crippen molar-refractivity contribution in [2.75, 3.05) is 0 Å². The van der Waals surface area contributed by atoms with Gasteiger partial charge in [0.05, 0.1) is 12.9 Å². The highest BCUT2D eigenvalue weighted by Gasteiger charge is 2.04. The first kappa shape index (κ1) is 12.6. The van der Waals surface area contributed by atoms with Gasteiger partial charge in [-0.15, -0.1) is 0 Å². The monoisotopic (exact) mass is 242 g/mol. The number of carbonyl (C=O) groups excluding carboxylic acids is 1. The largest absolute Gasteiger partial charge is 0.330 e. The number of rotatable bonds is 5. The lowest BCUT2D eigenvalue weighted by Gasteiger charge is -2.05. The Morgan fingerprint density at radius 3 is 2.56 bits per heavy atom. The van der Waals surface area contributed by atoms with Crippen molar-refractivity contribution in [2.45, 2.75) is 33.2 Å². The summed E-state index contributed by atoms with van der Waals surface area (Å²) in [5, 5.41) is 0. The van der Waals surface area contributed by atoms with Gasteiger partial charge in [0.25, 0.3) is 0 Å². The summed E-state index contributed by atoms with van der Waals surface area (Å²) in [5.41, 5.74) is 3.76. The molecule has 0 aliphatic heterocycles. The van der Waals surface area contributed by atoms with Crippen LogP contribution < -0.4 is 0 Å². The minimum atomic E-state index is 0.243. The molecule has 1 heterocycles. The van der Waals surface area contributed by atoms with Crippen LogP contribution in [0.1, 0.15) is 23.1 Å². The van der Waals surface area contributed by atoms with E-state index in [9.17, 15) is 4.79 Å². The number of aromatic nitrogens is 2. The second-order valence-corrected chi connectivity index (χ2v) is 4.77. The Kier molecular flexibility index (Phi) is 3.92. The van der Waals surface area contributed by atoms with Gasteiger partial charge < -0.3 is 4.57 Å². The molecule has 18 heavy (non-hydrogen) atoms. The third kappa shape index (κ3) is 3.55. The molecular formula is C15H18N2O. The van der Waals surface area contributed by atoms with Gasteiger partial charge in [0, 0.05) is 18.8 Å². The smallest absolute Gasteiger partial charge is 0.152 e. The average molecular weight is 242 g/mol. The molecule has 1 aromatic heterocycles. The highest BCUT2D eigenvalue weighted by atomic mass is 16.1. The van der Waals surface area contributed by atoms with E-state index in [0.717, 1.165) is 6.42 Å². The molecule has 0 radical (unpaired) electrons. The first-order chi connectivity index (χ1) is 8.63. The molecule has 0 N–H and O–H groups in total. The molecule has 0 aliphatic rings. The molecule has 0 unspecified atom stereocenters. The normalized spacial score (nSPS) is 10.6. The summed E-state index contributed by atoms with van der Waals surface area (Å²) in [7, 11) is 0. The zero-order chi connectivity index (χ0) is 13.0. The van der Waals surface area contributed by atoms with Gasteiger partial charge in [-0.05, 0) is 25.8 Å². The van der Waals surface area contributed by atoms with Crippen LogP contribution in [0.5, 0.6) is 0 Å². The summed E-state index contributed by atoms with van der Waals surface area (Å²) in [6.45, 7) is 4.60. The number of Topliss-reactive ketones (excluding diaryl/α,β-unsaturated/α-hetero) is 1. The van der Waals surface area contributed by atoms with E-state index in [0.29, 0.717) is 13.0 Å². The molecule has 0 bridgehead atoms. The van der Waals surface area contributed by atoms with Crippen molar-refractivity contribution in [3.63, 3.8) is 0 Å². The number of hydrogen-bond acceptors (Lipinski definition) is 2. The Morgan fingerprint density at radius 1 is 1.22 bits per heavy atom. The van der Waals surface area contributed by atoms with E-state index in [2.05, 4.69) is 37.0 Å². The van der Waals surface area contributed by atoms with Crippen LogP contribution in [0.15, 0.2) is 36.9 Å². The van der Waals surface area contributed by atoms with Crippen LogP contribution in [0.4, 0.5) is 0 Å². The van der Waals surface area contributed by atoms with E-state index in [4.69, 9.17) is 0 Å². The SMILES string of the molecule is Cc1cc(C)cc(CCC(=O)Cn2ccnc2)c1. The fourth-order valence-corrected chi connectivity index (χ4v) is 2.16. The van der Waals surface area contributed by atoms with Crippen LogP contribution in [0.3, 0.4) is 0 Å². The molecule has 0 spiro atoms. The molecule has 0 saturated heterocycles. The van der Waals surface area contributed by atoms with E-state index in [1.165, 1.54) is 16.7 Å². The highest BCUT2D eigenvalue weighted by molar-refractivity contribution is 5.78. The van der Waals surface area contributed by atoms with Gasteiger partial charge in [-0.3, -0.25) is 4.79 Å². The molecule has 0 amide bonds. The number of benzene rings is 1. The summed E-state index contributed by atoms with van der Waals surface area (Å²) < 4.78 is 1.81. The standard InChI is InChI=1S/C15H18N2O/c1-12-7-13(2)9-14(8-12)3-4-15(18)10-17-6-5-16-11-17/h5-9,11H,3-4,10H2,1-2H3. The van der Waals surface area contributed by atoms with Crippen LogP contribution in [0.25, 0.3) is 0 Å². The molecule has 2 rings (SSSR count). The summed E-state index contributed by atoms with van der Waals surface area (Å²) >= 11 is 0. The predicted molar refractivity (Wildman–Crippen MR) is 71.5 cm³/mol. The van der Waals surface area contributed by atoms with Crippen LogP contribution in [-0.2, 0) is 17.8 Å². The quantitative estimate of drug-likeness (QED) is 0.808. The van der Waals surface area contributed by atoms with Crippen molar-refractivity contribution >= 4 is 5.78 Å². The highest BCUT2D eigenvalue weighted by Crippen LogP contribution is 2.11. The third-order valence-corrected chi connectivity index (χ3v) is 2.89. The van der Waals surface area contributed by atoms with E-state index >= 15 is 0 Å². The molecule has 0 atom stereocenters. The molecule has 0 saturated carbocycles. The molecule has 0 aliphatic carbocycles. The number of hydrogen-bond donors (Lipinski definition) is 0. The zero-order valence-corrected chi connectivity index (χ0v) is 10.9. The van der Waals surface area contributed by atoms with Gasteiger partial charge in [0.2, 0.25) is 0 Å². The van der Waals surface area contributed by atoms with Crippen molar-refractivity contribution in [3.05, 3.63) is 53.6 Å². The number of aryl methyl sites for hydroxylation is 3. The first-order valence-electron chi connectivity index (χ1n) is 6.18. The lowest BCUT2D eigenvalue weighted by molar-refractivity contribution is -0.119. The zero-order valence-electron chi connectivity index (χ0n) is 10.9. The summed E-state index contributed by atoms with van der Waals surface area (Å²) in [6.07, 6.45) is 6.58. The van der Waals surface area contributed by atoms with Gasteiger partial charge >= 0.3 is 0 Å². The molecular weight excluding hydrogens is 224 g/mol. The number of carbonyl (C=O) groups is 1. The topological polar surface area (TPSA) is 34.9 Å². The van der Waals surface area contributed by atoms with E-state index in [1.54, 1.807) is 12.5 Å². The minimum Gasteiger partial charge on any atom is -0.330 e. The predicted octanol–water partition coefficient (Wildman–Crippen LogP) is 2.70. The van der Waals surface area contributed by atoms with Gasteiger partial charge in [0.1, 0.15) is 0 Å². The Morgan fingerprint density at radius 2 is 1.94 bits per heavy atom. The molecule has 3 nitrogen and oxygen atoms in total. The summed E-state index contributed by atoms with van der Waals surface area (Å²) in [4.78, 5) is 15.7. The molecule has 1 aromatic carbocycles. The van der Waals surface area contributed by atoms with Crippen LogP contribution >= 0.6 is 0 Å². The number of imidazole rings is 1. The van der Waals surface area contributed by atoms with Crippen LogP contribution in [0.2, 0.25) is 0 Å². The lowest BCUT2D eigenvalue weighted by Crippen LogP contribution is -2.09. The Bertz CT molecular complexity index is 509. The van der Waals surface area contributed by atoms with E-state index < -0.39 is 0 Å². The Hall–Kier alpha value is -1.90. The summed E-state index contributed by atoms with van der Waals surface area (Å²) in [5.74, 6) is 0.243. The van der Waals surface area contributed by atoms with Gasteiger partial charge in [-0.1, -0.05) is 29.3 Å². The Labute approximate surface area is 107 Å². The number of nitrogens with zero attached hydrogens (tertiary/aromatic N) is 2. The molecule has 94 valence electrons. The van der Waals surface area contributed by atoms with Crippen molar-refractivity contribution in [2.24, 2.45) is 0 Å². The van der Waals surface area contributed by atoms with Crippen molar-refractivity contribution in [1.29, 1.82) is 0 Å². The minimum absolute atomic E-state index is 0.243. The fraction of sp³-hybridized carbons (Fsp3) is 0.333. The van der Waals surface area contributed by atoms with Crippen LogP contribution in [-0.4, -0.2) is 15.3 Å². The van der Waals surface area contributed by atoms with Gasteiger partial charge in [-0.25, -0.2) is 4.98 Å². The summed E-state index contributed by atoms with van der Waals surface area (Å²) in [6, 6.07) is 6.45. The van der Waals surface area contributed by atoms with Gasteiger partial charge in [-0.2, -0.15) is 0 Å². The second-order valence-electron chi connectivity index (χ2n) is 4.77. The maximum atomic E-state index is 11.8. The Balaban J connectivity index is 1.89. The van der Waals surface area contributed by atoms with Crippen molar-refractivity contribution < 1.29 is 4.79 Å². The number of ketones is 1. The maximum absolute atomic E-state index is 11.8. The molecule has 2 aromatic rings. The molecule has 0 fully saturated rings. The second kappa shape index (κ2) is 5.63. The lowest BCUT2D eigenvalue weighted by atomic mass is 10.0. The van der Waals surface area contributed by atoms with E-state index in [-0.39, 0.29) is 5.78 Å². The fourth-order valence-electron chi connectivity index (χ4n) is 2.16. The van der Waals surface area contributed by atoms with E-state index in [1.807, 2.05) is 10.8 Å². The van der Waals surface area contributed by atoms with Crippen molar-refractivity contribution in [3.8, 4) is 0 Å². The van der Waals surface area contributed by atoms with Gasteiger partial charge in [0.15, 0.2) is 5.78 Å².